The third kappa shape index (κ3) is 3.04. The number of nitrogens with zero attached hydrogens (tertiary/aromatic N) is 1. The van der Waals surface area contributed by atoms with Crippen LogP contribution in [0.1, 0.15) is 29.8 Å². The summed E-state index contributed by atoms with van der Waals surface area (Å²) in [6.07, 6.45) is 2.10. The molecule has 92 valence electrons. The number of anilines is 1. The summed E-state index contributed by atoms with van der Waals surface area (Å²) in [5, 5.41) is 17.2. The lowest BCUT2D eigenvalue weighted by Crippen LogP contribution is -2.19. The van der Waals surface area contributed by atoms with Gasteiger partial charge in [-0.05, 0) is 12.8 Å². The van der Waals surface area contributed by atoms with Crippen LogP contribution in [0.3, 0.4) is 0 Å². The zero-order valence-electron chi connectivity index (χ0n) is 9.10. The molecule has 1 aliphatic heterocycles. The van der Waals surface area contributed by atoms with Gasteiger partial charge in [0.1, 0.15) is 5.69 Å². The Morgan fingerprint density at radius 2 is 2.47 bits per heavy atom. The lowest BCUT2D eigenvalue weighted by atomic mass is 10.2. The molecule has 0 aromatic carbocycles. The van der Waals surface area contributed by atoms with Crippen molar-refractivity contribution in [1.82, 2.24) is 10.2 Å². The summed E-state index contributed by atoms with van der Waals surface area (Å²) in [5.74, 6) is -1.12. The summed E-state index contributed by atoms with van der Waals surface area (Å²) in [6, 6.07) is 1.27. The maximum Gasteiger partial charge on any atom is 0.353 e. The van der Waals surface area contributed by atoms with Crippen LogP contribution in [0.4, 0.5) is 5.82 Å². The maximum absolute atomic E-state index is 11.6. The molecule has 1 aromatic rings. The maximum atomic E-state index is 11.6. The second kappa shape index (κ2) is 4.96. The molecule has 0 radical (unpaired) electrons. The van der Waals surface area contributed by atoms with Crippen LogP contribution in [-0.4, -0.2) is 39.9 Å². The van der Waals surface area contributed by atoms with Crippen LogP contribution in [0.25, 0.3) is 0 Å². The minimum Gasteiger partial charge on any atom is -0.477 e. The predicted molar refractivity (Wildman–Crippen MR) is 57.8 cm³/mol. The van der Waals surface area contributed by atoms with Crippen molar-refractivity contribution in [3.8, 4) is 0 Å². The van der Waals surface area contributed by atoms with E-state index in [0.29, 0.717) is 6.61 Å². The first-order valence-corrected chi connectivity index (χ1v) is 5.35. The van der Waals surface area contributed by atoms with Crippen LogP contribution in [0, 0.1) is 0 Å². The molecule has 2 heterocycles. The van der Waals surface area contributed by atoms with Crippen LogP contribution >= 0.6 is 0 Å². The van der Waals surface area contributed by atoms with Crippen LogP contribution in [0.5, 0.6) is 0 Å². The molecule has 7 nitrogen and oxygen atoms in total. The highest BCUT2D eigenvalue weighted by atomic mass is 16.5. The monoisotopic (exact) mass is 239 g/mol. The van der Waals surface area contributed by atoms with Crippen molar-refractivity contribution < 1.29 is 19.4 Å². The molecule has 0 spiro atoms. The Balaban J connectivity index is 1.86. The van der Waals surface area contributed by atoms with Crippen LogP contribution in [0.15, 0.2) is 6.07 Å². The SMILES string of the molecule is O=C(CC1CCCO1)Nc1cc(C(=O)O)[nH]n1. The van der Waals surface area contributed by atoms with E-state index in [-0.39, 0.29) is 29.9 Å². The zero-order chi connectivity index (χ0) is 12.3. The molecule has 17 heavy (non-hydrogen) atoms. The Bertz CT molecular complexity index is 423. The van der Waals surface area contributed by atoms with Gasteiger partial charge in [0.15, 0.2) is 5.82 Å². The Morgan fingerprint density at radius 1 is 1.65 bits per heavy atom. The Labute approximate surface area is 97.2 Å². The van der Waals surface area contributed by atoms with Crippen LogP contribution in [0.2, 0.25) is 0 Å². The van der Waals surface area contributed by atoms with E-state index in [9.17, 15) is 9.59 Å². The number of ether oxygens (including phenoxy) is 1. The van der Waals surface area contributed by atoms with Crippen LogP contribution in [-0.2, 0) is 9.53 Å². The molecule has 0 bridgehead atoms. The number of carboxylic acid groups (broad SMARTS) is 1. The quantitative estimate of drug-likeness (QED) is 0.714. The molecule has 0 saturated carbocycles. The van der Waals surface area contributed by atoms with Crippen molar-refractivity contribution in [1.29, 1.82) is 0 Å². The van der Waals surface area contributed by atoms with Crippen molar-refractivity contribution in [3.05, 3.63) is 11.8 Å². The van der Waals surface area contributed by atoms with Gasteiger partial charge in [-0.3, -0.25) is 9.89 Å². The van der Waals surface area contributed by atoms with Crippen molar-refractivity contribution in [2.24, 2.45) is 0 Å². The lowest BCUT2D eigenvalue weighted by Gasteiger charge is -2.07. The molecule has 1 atom stereocenters. The van der Waals surface area contributed by atoms with Gasteiger partial charge >= 0.3 is 5.97 Å². The normalized spacial score (nSPS) is 19.2. The lowest BCUT2D eigenvalue weighted by molar-refractivity contribution is -0.118. The second-order valence-corrected chi connectivity index (χ2v) is 3.86. The molecular weight excluding hydrogens is 226 g/mol. The van der Waals surface area contributed by atoms with Crippen molar-refractivity contribution in [3.63, 3.8) is 0 Å². The van der Waals surface area contributed by atoms with E-state index < -0.39 is 5.97 Å². The standard InChI is InChI=1S/C10H13N3O4/c14-9(4-6-2-1-3-17-6)11-8-5-7(10(15)16)12-13-8/h5-6H,1-4H2,(H,15,16)(H2,11,12,13,14). The van der Waals surface area contributed by atoms with Gasteiger partial charge in [-0.2, -0.15) is 5.10 Å². The first-order chi connectivity index (χ1) is 8.15. The van der Waals surface area contributed by atoms with Gasteiger partial charge in [-0.15, -0.1) is 0 Å². The number of hydrogen-bond donors (Lipinski definition) is 3. The summed E-state index contributed by atoms with van der Waals surface area (Å²) in [7, 11) is 0. The van der Waals surface area contributed by atoms with Gasteiger partial charge in [-0.1, -0.05) is 0 Å². The number of nitrogens with one attached hydrogen (secondary N) is 2. The molecule has 1 aliphatic rings. The number of carboxylic acids is 1. The Hall–Kier alpha value is -1.89. The highest BCUT2D eigenvalue weighted by Crippen LogP contribution is 2.16. The number of rotatable bonds is 4. The van der Waals surface area contributed by atoms with Gasteiger partial charge in [0.05, 0.1) is 12.5 Å². The molecule has 1 amide bonds. The molecular formula is C10H13N3O4. The number of carbonyl (C=O) groups excluding carboxylic acids is 1. The minimum atomic E-state index is -1.11. The molecule has 1 unspecified atom stereocenters. The Morgan fingerprint density at radius 3 is 3.06 bits per heavy atom. The second-order valence-electron chi connectivity index (χ2n) is 3.86. The smallest absolute Gasteiger partial charge is 0.353 e. The van der Waals surface area contributed by atoms with E-state index in [2.05, 4.69) is 15.5 Å². The van der Waals surface area contributed by atoms with Crippen LogP contribution < -0.4 is 5.32 Å². The van der Waals surface area contributed by atoms with E-state index in [1.54, 1.807) is 0 Å². The Kier molecular flexibility index (Phi) is 3.38. The van der Waals surface area contributed by atoms with Crippen molar-refractivity contribution in [2.45, 2.75) is 25.4 Å². The number of hydrogen-bond acceptors (Lipinski definition) is 4. The first-order valence-electron chi connectivity index (χ1n) is 5.35. The highest BCUT2D eigenvalue weighted by molar-refractivity contribution is 5.92. The zero-order valence-corrected chi connectivity index (χ0v) is 9.10. The predicted octanol–water partition coefficient (Wildman–Crippen LogP) is 0.615. The topological polar surface area (TPSA) is 104 Å². The van der Waals surface area contributed by atoms with E-state index in [0.717, 1.165) is 12.8 Å². The average Bonchev–Trinajstić information content (AvgIpc) is 2.88. The number of aromatic nitrogens is 2. The number of aromatic carboxylic acids is 1. The molecule has 1 saturated heterocycles. The number of carbonyl (C=O) groups is 2. The number of amides is 1. The summed E-state index contributed by atoms with van der Waals surface area (Å²) in [5.41, 5.74) is -0.0579. The van der Waals surface area contributed by atoms with Crippen molar-refractivity contribution in [2.75, 3.05) is 11.9 Å². The molecule has 1 aromatic heterocycles. The molecule has 2 rings (SSSR count). The summed E-state index contributed by atoms with van der Waals surface area (Å²) >= 11 is 0. The van der Waals surface area contributed by atoms with Crippen molar-refractivity contribution >= 4 is 17.7 Å². The van der Waals surface area contributed by atoms with Gasteiger partial charge in [0.25, 0.3) is 0 Å². The molecule has 7 heteroatoms. The fourth-order valence-corrected chi connectivity index (χ4v) is 1.70. The fraction of sp³-hybridized carbons (Fsp3) is 0.500. The largest absolute Gasteiger partial charge is 0.477 e. The molecule has 0 aliphatic carbocycles. The highest BCUT2D eigenvalue weighted by Gasteiger charge is 2.19. The number of aromatic amines is 1. The molecule has 3 N–H and O–H groups in total. The summed E-state index contributed by atoms with van der Waals surface area (Å²) in [6.45, 7) is 0.698. The third-order valence-corrected chi connectivity index (χ3v) is 2.51. The third-order valence-electron chi connectivity index (χ3n) is 2.51. The number of H-pyrrole nitrogens is 1. The minimum absolute atomic E-state index is 0.0344. The molecule has 1 fully saturated rings. The summed E-state index contributed by atoms with van der Waals surface area (Å²) < 4.78 is 5.32. The van der Waals surface area contributed by atoms with E-state index in [4.69, 9.17) is 9.84 Å². The van der Waals surface area contributed by atoms with E-state index >= 15 is 0 Å². The van der Waals surface area contributed by atoms with E-state index in [1.807, 2.05) is 0 Å². The first kappa shape index (κ1) is 11.6. The fourth-order valence-electron chi connectivity index (χ4n) is 1.70. The van der Waals surface area contributed by atoms with Gasteiger partial charge in [0.2, 0.25) is 5.91 Å². The van der Waals surface area contributed by atoms with Gasteiger partial charge in [0, 0.05) is 12.7 Å². The van der Waals surface area contributed by atoms with Gasteiger partial charge in [-0.25, -0.2) is 4.79 Å². The van der Waals surface area contributed by atoms with E-state index in [1.165, 1.54) is 6.07 Å². The summed E-state index contributed by atoms with van der Waals surface area (Å²) in [4.78, 5) is 22.1. The average molecular weight is 239 g/mol. The van der Waals surface area contributed by atoms with Gasteiger partial charge < -0.3 is 15.2 Å².